The predicted molar refractivity (Wildman–Crippen MR) is 79.6 cm³/mol. The molecule has 1 heterocycles. The van der Waals surface area contributed by atoms with Crippen molar-refractivity contribution >= 4 is 63.7 Å². The van der Waals surface area contributed by atoms with Gasteiger partial charge in [-0.1, -0.05) is 46.4 Å². The van der Waals surface area contributed by atoms with Crippen LogP contribution in [0.4, 0.5) is 11.4 Å². The zero-order valence-electron chi connectivity index (χ0n) is 9.23. The van der Waals surface area contributed by atoms with Gasteiger partial charge < -0.3 is 16.0 Å². The molecule has 0 fully saturated rings. The van der Waals surface area contributed by atoms with Crippen molar-refractivity contribution in [1.29, 1.82) is 0 Å². The molecule has 8 heteroatoms. The first-order valence-corrected chi connectivity index (χ1v) is 6.49. The number of amides is 1. The van der Waals surface area contributed by atoms with E-state index in [1.165, 1.54) is 18.2 Å². The number of rotatable bonds is 2. The van der Waals surface area contributed by atoms with Crippen molar-refractivity contribution in [2.75, 3.05) is 11.1 Å². The van der Waals surface area contributed by atoms with Crippen molar-refractivity contribution in [3.05, 3.63) is 44.1 Å². The molecule has 0 saturated heterocycles. The number of aromatic amines is 1. The standard InChI is InChI=1S/C11H7Cl4N3O/c12-5-1-4(2-6(13)9(5)16)17-11(19)8-3-7(14)10(15)18-8/h1-3,18H,16H2,(H,17,19). The molecule has 0 radical (unpaired) electrons. The largest absolute Gasteiger partial charge is 0.396 e. The predicted octanol–water partition coefficient (Wildman–Crippen LogP) is 4.46. The molecule has 0 aliphatic rings. The highest BCUT2D eigenvalue weighted by Gasteiger charge is 2.13. The van der Waals surface area contributed by atoms with E-state index in [-0.39, 0.29) is 31.6 Å². The van der Waals surface area contributed by atoms with Gasteiger partial charge in [-0.2, -0.15) is 0 Å². The van der Waals surface area contributed by atoms with Gasteiger partial charge in [0.05, 0.1) is 20.8 Å². The smallest absolute Gasteiger partial charge is 0.272 e. The van der Waals surface area contributed by atoms with Crippen LogP contribution in [0, 0.1) is 0 Å². The summed E-state index contributed by atoms with van der Waals surface area (Å²) in [4.78, 5) is 14.5. The van der Waals surface area contributed by atoms with Crippen molar-refractivity contribution in [1.82, 2.24) is 4.98 Å². The van der Waals surface area contributed by atoms with Crippen molar-refractivity contribution in [3.8, 4) is 0 Å². The van der Waals surface area contributed by atoms with Crippen molar-refractivity contribution in [2.24, 2.45) is 0 Å². The Kier molecular flexibility index (Phi) is 4.16. The molecule has 4 nitrogen and oxygen atoms in total. The average molecular weight is 339 g/mol. The first-order valence-electron chi connectivity index (χ1n) is 4.98. The molecule has 1 aromatic heterocycles. The monoisotopic (exact) mass is 337 g/mol. The van der Waals surface area contributed by atoms with Crippen LogP contribution in [0.25, 0.3) is 0 Å². The molecule has 1 aromatic carbocycles. The molecule has 4 N–H and O–H groups in total. The van der Waals surface area contributed by atoms with Gasteiger partial charge in [0.1, 0.15) is 10.8 Å². The van der Waals surface area contributed by atoms with Gasteiger partial charge in [-0.3, -0.25) is 4.79 Å². The maximum absolute atomic E-state index is 11.9. The summed E-state index contributed by atoms with van der Waals surface area (Å²) < 4.78 is 0. The number of nitrogen functional groups attached to an aromatic ring is 1. The molecule has 0 spiro atoms. The molecule has 0 saturated carbocycles. The second-order valence-electron chi connectivity index (χ2n) is 3.65. The summed E-state index contributed by atoms with van der Waals surface area (Å²) in [6, 6.07) is 4.40. The van der Waals surface area contributed by atoms with E-state index in [1.54, 1.807) is 0 Å². The summed E-state index contributed by atoms with van der Waals surface area (Å²) >= 11 is 23.2. The van der Waals surface area contributed by atoms with Crippen LogP contribution in [0.3, 0.4) is 0 Å². The lowest BCUT2D eigenvalue weighted by Gasteiger charge is -2.07. The van der Waals surface area contributed by atoms with E-state index in [2.05, 4.69) is 10.3 Å². The van der Waals surface area contributed by atoms with Gasteiger partial charge in [-0.25, -0.2) is 0 Å². The van der Waals surface area contributed by atoms with Crippen molar-refractivity contribution in [3.63, 3.8) is 0 Å². The second-order valence-corrected chi connectivity index (χ2v) is 5.25. The molecule has 0 unspecified atom stereocenters. The van der Waals surface area contributed by atoms with Crippen LogP contribution in [0.1, 0.15) is 10.5 Å². The third kappa shape index (κ3) is 3.09. The van der Waals surface area contributed by atoms with Gasteiger partial charge in [-0.15, -0.1) is 0 Å². The second kappa shape index (κ2) is 5.51. The van der Waals surface area contributed by atoms with E-state index in [0.717, 1.165) is 0 Å². The Morgan fingerprint density at radius 3 is 2.11 bits per heavy atom. The van der Waals surface area contributed by atoms with Crippen LogP contribution in [0.15, 0.2) is 18.2 Å². The topological polar surface area (TPSA) is 70.9 Å². The van der Waals surface area contributed by atoms with Crippen LogP contribution < -0.4 is 11.1 Å². The van der Waals surface area contributed by atoms with Crippen LogP contribution in [-0.2, 0) is 0 Å². The lowest BCUT2D eigenvalue weighted by Crippen LogP contribution is -2.12. The Balaban J connectivity index is 2.24. The summed E-state index contributed by atoms with van der Waals surface area (Å²) in [5.74, 6) is -0.425. The molecule has 19 heavy (non-hydrogen) atoms. The molecule has 0 aliphatic heterocycles. The number of benzene rings is 1. The number of aromatic nitrogens is 1. The Bertz CT molecular complexity index is 611. The number of nitrogens with one attached hydrogen (secondary N) is 2. The molecular weight excluding hydrogens is 332 g/mol. The molecular formula is C11H7Cl4N3O. The SMILES string of the molecule is Nc1c(Cl)cc(NC(=O)c2cc(Cl)c(Cl)[nH]2)cc1Cl. The third-order valence-electron chi connectivity index (χ3n) is 2.31. The number of hydrogen-bond acceptors (Lipinski definition) is 2. The number of anilines is 2. The zero-order chi connectivity index (χ0) is 14.2. The third-order valence-corrected chi connectivity index (χ3v) is 3.63. The van der Waals surface area contributed by atoms with Crippen LogP contribution in [0.5, 0.6) is 0 Å². The highest BCUT2D eigenvalue weighted by Crippen LogP contribution is 2.31. The van der Waals surface area contributed by atoms with Crippen LogP contribution in [0.2, 0.25) is 20.2 Å². The number of H-pyrrole nitrogens is 1. The van der Waals surface area contributed by atoms with Gasteiger partial charge in [0, 0.05) is 5.69 Å². The first kappa shape index (κ1) is 14.3. The van der Waals surface area contributed by atoms with Gasteiger partial charge >= 0.3 is 0 Å². The lowest BCUT2D eigenvalue weighted by atomic mass is 10.2. The minimum atomic E-state index is -0.425. The summed E-state index contributed by atoms with van der Waals surface area (Å²) in [5.41, 5.74) is 6.49. The number of halogens is 4. The molecule has 2 aromatic rings. The van der Waals surface area contributed by atoms with E-state index >= 15 is 0 Å². The minimum absolute atomic E-state index is 0.195. The highest BCUT2D eigenvalue weighted by atomic mass is 35.5. The summed E-state index contributed by atoms with van der Waals surface area (Å²) in [7, 11) is 0. The number of hydrogen-bond donors (Lipinski definition) is 3. The normalized spacial score (nSPS) is 10.5. The van der Waals surface area contributed by atoms with E-state index in [9.17, 15) is 4.79 Å². The van der Waals surface area contributed by atoms with Gasteiger partial charge in [0.15, 0.2) is 0 Å². The summed E-state index contributed by atoms with van der Waals surface area (Å²) in [6.45, 7) is 0. The van der Waals surface area contributed by atoms with E-state index < -0.39 is 5.91 Å². The molecule has 100 valence electrons. The Morgan fingerprint density at radius 1 is 1.05 bits per heavy atom. The Hall–Kier alpha value is -1.07. The van der Waals surface area contributed by atoms with Gasteiger partial charge in [-0.05, 0) is 18.2 Å². The van der Waals surface area contributed by atoms with E-state index in [4.69, 9.17) is 52.1 Å². The minimum Gasteiger partial charge on any atom is -0.396 e. The highest BCUT2D eigenvalue weighted by molar-refractivity contribution is 6.42. The first-order chi connectivity index (χ1) is 8.88. The number of carbonyl (C=O) groups excluding carboxylic acids is 1. The van der Waals surface area contributed by atoms with E-state index in [0.29, 0.717) is 5.69 Å². The van der Waals surface area contributed by atoms with Crippen LogP contribution >= 0.6 is 46.4 Å². The Labute approximate surface area is 128 Å². The van der Waals surface area contributed by atoms with Gasteiger partial charge in [0.25, 0.3) is 5.91 Å². The maximum atomic E-state index is 11.9. The van der Waals surface area contributed by atoms with E-state index in [1.807, 2.05) is 0 Å². The summed E-state index contributed by atoms with van der Waals surface area (Å²) in [5, 5.41) is 3.56. The fourth-order valence-electron chi connectivity index (χ4n) is 1.38. The fraction of sp³-hybridized carbons (Fsp3) is 0. The lowest BCUT2D eigenvalue weighted by molar-refractivity contribution is 0.102. The van der Waals surface area contributed by atoms with Crippen molar-refractivity contribution in [2.45, 2.75) is 0 Å². The quantitative estimate of drug-likeness (QED) is 0.707. The fourth-order valence-corrected chi connectivity index (χ4v) is 2.18. The summed E-state index contributed by atoms with van der Waals surface area (Å²) in [6.07, 6.45) is 0. The number of carbonyl (C=O) groups is 1. The molecule has 1 amide bonds. The zero-order valence-corrected chi connectivity index (χ0v) is 12.3. The maximum Gasteiger partial charge on any atom is 0.272 e. The average Bonchev–Trinajstić information content (AvgIpc) is 2.66. The Morgan fingerprint density at radius 2 is 1.63 bits per heavy atom. The van der Waals surface area contributed by atoms with Gasteiger partial charge in [0.2, 0.25) is 0 Å². The van der Waals surface area contributed by atoms with Crippen LogP contribution in [-0.4, -0.2) is 10.9 Å². The molecule has 0 bridgehead atoms. The molecule has 0 atom stereocenters. The number of nitrogens with two attached hydrogens (primary N) is 1. The van der Waals surface area contributed by atoms with Crippen molar-refractivity contribution < 1.29 is 4.79 Å². The molecule has 2 rings (SSSR count). The molecule has 0 aliphatic carbocycles.